The van der Waals surface area contributed by atoms with E-state index < -0.39 is 10.1 Å². The molecule has 5 rings (SSSR count). The van der Waals surface area contributed by atoms with E-state index in [1.54, 1.807) is 12.1 Å². The molecule has 2 saturated carbocycles. The highest BCUT2D eigenvalue weighted by molar-refractivity contribution is 7.85. The summed E-state index contributed by atoms with van der Waals surface area (Å²) in [5, 5.41) is 0. The first-order valence-corrected chi connectivity index (χ1v) is 15.0. The molecule has 1 heterocycles. The standard InChI is InChI=1S/C30H42N2O3S/c1-29(2)17-23(18-30(3,4)21-29)24-9-5-7-11-26(24)32-16-15-31(19-22-13-14-22)20-27(32)25-10-6-8-12-28(25)36(33,34)35/h5-12,22-23,27H,13-21H2,1-4H3,(H,33,34,35). The number of benzene rings is 2. The molecule has 0 radical (unpaired) electrons. The van der Waals surface area contributed by atoms with Crippen LogP contribution >= 0.6 is 0 Å². The lowest BCUT2D eigenvalue weighted by Crippen LogP contribution is -2.49. The van der Waals surface area contributed by atoms with E-state index in [0.29, 0.717) is 11.5 Å². The van der Waals surface area contributed by atoms with Gasteiger partial charge >= 0.3 is 0 Å². The molecule has 0 aromatic heterocycles. The van der Waals surface area contributed by atoms with Crippen molar-refractivity contribution in [1.29, 1.82) is 0 Å². The molecule has 5 nitrogen and oxygen atoms in total. The van der Waals surface area contributed by atoms with Crippen molar-refractivity contribution >= 4 is 15.8 Å². The SMILES string of the molecule is CC1(C)CC(c2ccccc2N2CCN(CC3CC3)CC2c2ccccc2S(=O)(=O)O)CC(C)(C)C1. The van der Waals surface area contributed by atoms with Gasteiger partial charge in [0.15, 0.2) is 0 Å². The Balaban J connectivity index is 1.56. The van der Waals surface area contributed by atoms with Gasteiger partial charge in [-0.25, -0.2) is 0 Å². The molecule has 1 unspecified atom stereocenters. The predicted octanol–water partition coefficient (Wildman–Crippen LogP) is 6.53. The topological polar surface area (TPSA) is 60.9 Å². The third-order valence-corrected chi connectivity index (χ3v) is 9.40. The third kappa shape index (κ3) is 5.66. The van der Waals surface area contributed by atoms with E-state index in [-0.39, 0.29) is 21.8 Å². The average Bonchev–Trinajstić information content (AvgIpc) is 3.60. The van der Waals surface area contributed by atoms with Crippen molar-refractivity contribution in [3.8, 4) is 0 Å². The summed E-state index contributed by atoms with van der Waals surface area (Å²) < 4.78 is 34.9. The van der Waals surface area contributed by atoms with Crippen LogP contribution < -0.4 is 4.90 Å². The number of anilines is 1. The Morgan fingerprint density at radius 3 is 2.14 bits per heavy atom. The van der Waals surface area contributed by atoms with E-state index in [4.69, 9.17) is 0 Å². The normalized spacial score (nSPS) is 25.1. The molecule has 1 N–H and O–H groups in total. The van der Waals surface area contributed by atoms with Crippen molar-refractivity contribution in [2.45, 2.75) is 76.7 Å². The molecule has 0 amide bonds. The average molecular weight is 511 g/mol. The first-order valence-electron chi connectivity index (χ1n) is 13.6. The highest BCUT2D eigenvalue weighted by Crippen LogP contribution is 2.53. The molecule has 6 heteroatoms. The van der Waals surface area contributed by atoms with Gasteiger partial charge in [-0.05, 0) is 78.0 Å². The highest BCUT2D eigenvalue weighted by Gasteiger charge is 2.41. The summed E-state index contributed by atoms with van der Waals surface area (Å²) in [4.78, 5) is 4.96. The number of rotatable bonds is 6. The lowest BCUT2D eigenvalue weighted by Gasteiger charge is -2.48. The summed E-state index contributed by atoms with van der Waals surface area (Å²) in [7, 11) is -4.32. The third-order valence-electron chi connectivity index (χ3n) is 8.47. The van der Waals surface area contributed by atoms with Gasteiger partial charge in [0.05, 0.1) is 10.9 Å². The number of para-hydroxylation sites is 1. The summed E-state index contributed by atoms with van der Waals surface area (Å²) in [6, 6.07) is 15.7. The summed E-state index contributed by atoms with van der Waals surface area (Å²) in [5.41, 5.74) is 3.85. The Bertz CT molecular complexity index is 1190. The van der Waals surface area contributed by atoms with Crippen molar-refractivity contribution in [1.82, 2.24) is 4.90 Å². The largest absolute Gasteiger partial charge is 0.362 e. The molecule has 0 spiro atoms. The molecule has 3 fully saturated rings. The van der Waals surface area contributed by atoms with Gasteiger partial charge in [-0.2, -0.15) is 8.42 Å². The monoisotopic (exact) mass is 510 g/mol. The maximum atomic E-state index is 12.4. The van der Waals surface area contributed by atoms with E-state index in [2.05, 4.69) is 61.8 Å². The van der Waals surface area contributed by atoms with Crippen LogP contribution in [-0.2, 0) is 10.1 Å². The lowest BCUT2D eigenvalue weighted by atomic mass is 9.60. The maximum absolute atomic E-state index is 12.4. The zero-order valence-corrected chi connectivity index (χ0v) is 23.1. The number of hydrogen-bond donors (Lipinski definition) is 1. The van der Waals surface area contributed by atoms with E-state index in [1.165, 1.54) is 30.5 Å². The summed E-state index contributed by atoms with van der Waals surface area (Å²) in [5.74, 6) is 1.23. The van der Waals surface area contributed by atoms with Crippen LogP contribution in [0.15, 0.2) is 53.4 Å². The Labute approximate surface area is 217 Å². The Morgan fingerprint density at radius 2 is 1.50 bits per heavy atom. The summed E-state index contributed by atoms with van der Waals surface area (Å²) in [6.45, 7) is 13.2. The minimum absolute atomic E-state index is 0.0330. The van der Waals surface area contributed by atoms with Crippen LogP contribution in [0.25, 0.3) is 0 Å². The molecule has 2 aromatic carbocycles. The van der Waals surface area contributed by atoms with E-state index in [0.717, 1.165) is 44.9 Å². The van der Waals surface area contributed by atoms with Crippen LogP contribution in [0, 0.1) is 16.7 Å². The molecule has 1 atom stereocenters. The van der Waals surface area contributed by atoms with Crippen molar-refractivity contribution in [2.75, 3.05) is 31.1 Å². The maximum Gasteiger partial charge on any atom is 0.294 e. The summed E-state index contributed by atoms with van der Waals surface area (Å²) in [6.07, 6.45) is 6.12. The van der Waals surface area contributed by atoms with Crippen molar-refractivity contribution in [3.05, 3.63) is 59.7 Å². The summed E-state index contributed by atoms with van der Waals surface area (Å²) >= 11 is 0. The fraction of sp³-hybridized carbons (Fsp3) is 0.600. The lowest BCUT2D eigenvalue weighted by molar-refractivity contribution is 0.0969. The predicted molar refractivity (Wildman–Crippen MR) is 146 cm³/mol. The molecule has 1 aliphatic heterocycles. The minimum Gasteiger partial charge on any atom is -0.362 e. The number of piperazine rings is 1. The second-order valence-electron chi connectivity index (χ2n) is 13.1. The Morgan fingerprint density at radius 1 is 0.889 bits per heavy atom. The number of hydrogen-bond acceptors (Lipinski definition) is 4. The Hall–Kier alpha value is -1.89. The quantitative estimate of drug-likeness (QED) is 0.448. The van der Waals surface area contributed by atoms with Gasteiger partial charge in [-0.3, -0.25) is 9.45 Å². The fourth-order valence-electron chi connectivity index (χ4n) is 7.38. The molecule has 0 bridgehead atoms. The molecule has 36 heavy (non-hydrogen) atoms. The van der Waals surface area contributed by atoms with Crippen LogP contribution in [0.3, 0.4) is 0 Å². The zero-order chi connectivity index (χ0) is 25.7. The van der Waals surface area contributed by atoms with E-state index in [9.17, 15) is 13.0 Å². The van der Waals surface area contributed by atoms with Gasteiger partial charge in [-0.15, -0.1) is 0 Å². The second kappa shape index (κ2) is 9.45. The number of nitrogens with zero attached hydrogens (tertiary/aromatic N) is 2. The second-order valence-corrected chi connectivity index (χ2v) is 14.5. The zero-order valence-electron chi connectivity index (χ0n) is 22.3. The molecular weight excluding hydrogens is 468 g/mol. The highest BCUT2D eigenvalue weighted by atomic mass is 32.2. The first kappa shape index (κ1) is 25.7. The van der Waals surface area contributed by atoms with Crippen LogP contribution in [0.1, 0.15) is 82.9 Å². The van der Waals surface area contributed by atoms with E-state index >= 15 is 0 Å². The molecule has 2 aliphatic carbocycles. The van der Waals surface area contributed by atoms with Gasteiger partial charge in [0, 0.05) is 31.9 Å². The smallest absolute Gasteiger partial charge is 0.294 e. The van der Waals surface area contributed by atoms with Gasteiger partial charge in [0.25, 0.3) is 10.1 Å². The van der Waals surface area contributed by atoms with Crippen molar-refractivity contribution in [3.63, 3.8) is 0 Å². The first-order chi connectivity index (χ1) is 16.9. The van der Waals surface area contributed by atoms with Crippen molar-refractivity contribution in [2.24, 2.45) is 16.7 Å². The molecular formula is C30H42N2O3S. The van der Waals surface area contributed by atoms with Gasteiger partial charge in [0.2, 0.25) is 0 Å². The van der Waals surface area contributed by atoms with E-state index in [1.807, 2.05) is 12.1 Å². The van der Waals surface area contributed by atoms with Crippen LogP contribution in [0.4, 0.5) is 5.69 Å². The minimum atomic E-state index is -4.32. The molecule has 1 saturated heterocycles. The Kier molecular flexibility index (Phi) is 6.76. The van der Waals surface area contributed by atoms with Gasteiger partial charge in [0.1, 0.15) is 0 Å². The van der Waals surface area contributed by atoms with Gasteiger partial charge < -0.3 is 4.90 Å². The van der Waals surface area contributed by atoms with Crippen LogP contribution in [0.5, 0.6) is 0 Å². The molecule has 2 aromatic rings. The molecule has 3 aliphatic rings. The van der Waals surface area contributed by atoms with Gasteiger partial charge in [-0.1, -0.05) is 64.1 Å². The fourth-order valence-corrected chi connectivity index (χ4v) is 8.13. The molecule has 196 valence electrons. The van der Waals surface area contributed by atoms with Crippen LogP contribution in [-0.4, -0.2) is 44.0 Å². The van der Waals surface area contributed by atoms with Crippen LogP contribution in [0.2, 0.25) is 0 Å². The van der Waals surface area contributed by atoms with Crippen molar-refractivity contribution < 1.29 is 13.0 Å².